The minimum absolute atomic E-state index is 0.0391. The van der Waals surface area contributed by atoms with Crippen LogP contribution in [0.2, 0.25) is 0 Å². The maximum atomic E-state index is 14.5. The molecule has 0 aliphatic rings. The van der Waals surface area contributed by atoms with Crippen molar-refractivity contribution in [3.8, 4) is 12.3 Å². The van der Waals surface area contributed by atoms with Gasteiger partial charge in [-0.3, -0.25) is 9.79 Å². The molecule has 0 aliphatic carbocycles. The summed E-state index contributed by atoms with van der Waals surface area (Å²) >= 11 is 0. The smallest absolute Gasteiger partial charge is 0.252 e. The average Bonchev–Trinajstić information content (AvgIpc) is 2.83. The van der Waals surface area contributed by atoms with Gasteiger partial charge in [0.25, 0.3) is 5.91 Å². The molecule has 0 bridgehead atoms. The summed E-state index contributed by atoms with van der Waals surface area (Å²) < 4.78 is 27.7. The van der Waals surface area contributed by atoms with Crippen molar-refractivity contribution >= 4 is 23.0 Å². The average molecular weight is 479 g/mol. The highest BCUT2D eigenvalue weighted by Gasteiger charge is 2.25. The van der Waals surface area contributed by atoms with Crippen LogP contribution in [-0.4, -0.2) is 41.3 Å². The zero-order valence-electron chi connectivity index (χ0n) is 19.6. The zero-order valence-corrected chi connectivity index (χ0v) is 19.6. The standard InChI is InChI=1S/C27H28F2N4O2/c1-4-5-13-32-18(3)14-25(22(29)16-34)33-27(35)21-8-6-7-17(2)26(21)24(31)15-23(30)19-9-11-20(28)12-10-19/h1,5-13,15,22,25,31,34H,14,16,30H2,2-3H3,(H,33,35)/b13-5-,23-15-,31-24?,32-18+/t22-,25+/m1/s1. The predicted octanol–water partition coefficient (Wildman–Crippen LogP) is 3.93. The Morgan fingerprint density at radius 1 is 1.31 bits per heavy atom. The second-order valence-electron chi connectivity index (χ2n) is 7.85. The quantitative estimate of drug-likeness (QED) is 0.307. The van der Waals surface area contributed by atoms with E-state index in [0.29, 0.717) is 22.4 Å². The molecule has 182 valence electrons. The Morgan fingerprint density at radius 3 is 2.63 bits per heavy atom. The van der Waals surface area contributed by atoms with Crippen molar-refractivity contribution in [1.29, 1.82) is 5.41 Å². The number of allylic oxidation sites excluding steroid dienone is 2. The number of alkyl halides is 1. The molecule has 0 radical (unpaired) electrons. The number of hydrogen-bond acceptors (Lipinski definition) is 5. The monoisotopic (exact) mass is 478 g/mol. The van der Waals surface area contributed by atoms with Crippen molar-refractivity contribution in [1.82, 2.24) is 5.32 Å². The molecule has 2 aromatic rings. The molecule has 35 heavy (non-hydrogen) atoms. The number of terminal acetylenes is 1. The lowest BCUT2D eigenvalue weighted by atomic mass is 9.95. The highest BCUT2D eigenvalue weighted by Crippen LogP contribution is 2.19. The van der Waals surface area contributed by atoms with Crippen LogP contribution in [-0.2, 0) is 0 Å². The van der Waals surface area contributed by atoms with Crippen LogP contribution in [0.3, 0.4) is 0 Å². The Balaban J connectivity index is 2.34. The fraction of sp³-hybridized carbons (Fsp3) is 0.222. The number of nitrogens with zero attached hydrogens (tertiary/aromatic N) is 1. The van der Waals surface area contributed by atoms with Crippen molar-refractivity contribution in [3.05, 3.63) is 88.9 Å². The van der Waals surface area contributed by atoms with Crippen LogP contribution in [0, 0.1) is 30.5 Å². The number of hydrogen-bond donors (Lipinski definition) is 4. The van der Waals surface area contributed by atoms with Crippen LogP contribution in [0.15, 0.2) is 65.8 Å². The first-order valence-corrected chi connectivity index (χ1v) is 10.8. The number of nitrogens with two attached hydrogens (primary N) is 1. The zero-order chi connectivity index (χ0) is 26.0. The van der Waals surface area contributed by atoms with E-state index in [2.05, 4.69) is 16.2 Å². The van der Waals surface area contributed by atoms with E-state index in [1.165, 1.54) is 48.7 Å². The summed E-state index contributed by atoms with van der Waals surface area (Å²) in [5.41, 5.74) is 8.40. The minimum atomic E-state index is -1.73. The largest absolute Gasteiger partial charge is 0.398 e. The van der Waals surface area contributed by atoms with Gasteiger partial charge in [0.15, 0.2) is 0 Å². The number of aliphatic hydroxyl groups excluding tert-OH is 1. The summed E-state index contributed by atoms with van der Waals surface area (Å²) in [6.07, 6.45) is 7.59. The summed E-state index contributed by atoms with van der Waals surface area (Å²) in [6, 6.07) is 9.35. The Kier molecular flexibility index (Phi) is 10.1. The molecular formula is C27H28F2N4O2. The fourth-order valence-electron chi connectivity index (χ4n) is 3.39. The van der Waals surface area contributed by atoms with Gasteiger partial charge in [-0.05, 0) is 49.2 Å². The first kappa shape index (κ1) is 27.2. The first-order valence-electron chi connectivity index (χ1n) is 10.8. The van der Waals surface area contributed by atoms with Gasteiger partial charge in [-0.15, -0.1) is 6.42 Å². The molecule has 8 heteroatoms. The second-order valence-corrected chi connectivity index (χ2v) is 7.85. The summed E-state index contributed by atoms with van der Waals surface area (Å²) in [4.78, 5) is 17.2. The maximum absolute atomic E-state index is 14.5. The third-order valence-corrected chi connectivity index (χ3v) is 5.17. The number of rotatable bonds is 10. The topological polar surface area (TPSA) is 112 Å². The van der Waals surface area contributed by atoms with Gasteiger partial charge in [0, 0.05) is 41.2 Å². The Hall–Kier alpha value is -4.09. The number of aliphatic imine (C=N–C) groups is 1. The van der Waals surface area contributed by atoms with E-state index < -0.39 is 30.5 Å². The van der Waals surface area contributed by atoms with Crippen LogP contribution in [0.25, 0.3) is 5.70 Å². The van der Waals surface area contributed by atoms with Crippen molar-refractivity contribution in [3.63, 3.8) is 0 Å². The molecule has 2 atom stereocenters. The van der Waals surface area contributed by atoms with Crippen LogP contribution in [0.1, 0.15) is 40.4 Å². The summed E-state index contributed by atoms with van der Waals surface area (Å²) in [6.45, 7) is 2.60. The van der Waals surface area contributed by atoms with Gasteiger partial charge >= 0.3 is 0 Å². The van der Waals surface area contributed by atoms with E-state index in [0.717, 1.165) is 0 Å². The van der Waals surface area contributed by atoms with Crippen molar-refractivity contribution in [2.24, 2.45) is 10.7 Å². The number of aliphatic hydroxyl groups is 1. The van der Waals surface area contributed by atoms with E-state index >= 15 is 0 Å². The van der Waals surface area contributed by atoms with Crippen LogP contribution >= 0.6 is 0 Å². The van der Waals surface area contributed by atoms with Gasteiger partial charge in [0.2, 0.25) is 0 Å². The number of carbonyl (C=O) groups is 1. The Bertz CT molecular complexity index is 1190. The van der Waals surface area contributed by atoms with Crippen LogP contribution in [0.4, 0.5) is 8.78 Å². The molecular weight excluding hydrogens is 450 g/mol. The highest BCUT2D eigenvalue weighted by molar-refractivity contribution is 6.16. The number of benzene rings is 2. The van der Waals surface area contributed by atoms with Gasteiger partial charge < -0.3 is 21.6 Å². The van der Waals surface area contributed by atoms with Gasteiger partial charge in [-0.25, -0.2) is 8.78 Å². The van der Waals surface area contributed by atoms with Gasteiger partial charge in [0.05, 0.1) is 18.4 Å². The van der Waals surface area contributed by atoms with E-state index in [-0.39, 0.29) is 23.4 Å². The summed E-state index contributed by atoms with van der Waals surface area (Å²) in [7, 11) is 0. The second kappa shape index (κ2) is 13.0. The third-order valence-electron chi connectivity index (χ3n) is 5.17. The molecule has 0 aliphatic heterocycles. The van der Waals surface area contributed by atoms with E-state index in [1.54, 1.807) is 26.0 Å². The number of aryl methyl sites for hydroxylation is 1. The highest BCUT2D eigenvalue weighted by atomic mass is 19.1. The normalized spacial score (nSPS) is 13.8. The molecule has 1 amide bonds. The molecule has 2 aromatic carbocycles. The van der Waals surface area contributed by atoms with Gasteiger partial charge in [-0.1, -0.05) is 30.2 Å². The molecule has 5 N–H and O–H groups in total. The SMILES string of the molecule is C#C/C=C\N=C(/C)C[C@H](NC(=O)c1cccc(C)c1C(=N)/C=C(\N)c1ccc(F)cc1)[C@H](F)CO. The molecule has 6 nitrogen and oxygen atoms in total. The molecule has 0 spiro atoms. The molecule has 0 heterocycles. The van der Waals surface area contributed by atoms with Crippen molar-refractivity contribution in [2.45, 2.75) is 32.5 Å². The minimum Gasteiger partial charge on any atom is -0.398 e. The predicted molar refractivity (Wildman–Crippen MR) is 136 cm³/mol. The van der Waals surface area contributed by atoms with Gasteiger partial charge in [0.1, 0.15) is 12.0 Å². The molecule has 0 saturated carbocycles. The first-order chi connectivity index (χ1) is 16.7. The number of nitrogens with one attached hydrogen (secondary N) is 2. The van der Waals surface area contributed by atoms with E-state index in [9.17, 15) is 18.7 Å². The maximum Gasteiger partial charge on any atom is 0.252 e. The molecule has 0 unspecified atom stereocenters. The van der Waals surface area contributed by atoms with Crippen molar-refractivity contribution in [2.75, 3.05) is 6.61 Å². The lowest BCUT2D eigenvalue weighted by Gasteiger charge is -2.22. The third kappa shape index (κ3) is 7.73. The summed E-state index contributed by atoms with van der Waals surface area (Å²) in [5.74, 6) is 1.26. The lowest BCUT2D eigenvalue weighted by Crippen LogP contribution is -2.44. The molecule has 2 rings (SSSR count). The van der Waals surface area contributed by atoms with E-state index in [1.807, 2.05) is 0 Å². The number of halogens is 2. The molecule has 0 aromatic heterocycles. The van der Waals surface area contributed by atoms with Crippen LogP contribution in [0.5, 0.6) is 0 Å². The van der Waals surface area contributed by atoms with Crippen LogP contribution < -0.4 is 11.1 Å². The molecule has 0 fully saturated rings. The van der Waals surface area contributed by atoms with Gasteiger partial charge in [-0.2, -0.15) is 0 Å². The summed E-state index contributed by atoms with van der Waals surface area (Å²) in [5, 5.41) is 20.5. The van der Waals surface area contributed by atoms with E-state index in [4.69, 9.17) is 17.6 Å². The van der Waals surface area contributed by atoms with Crippen molar-refractivity contribution < 1.29 is 18.7 Å². The fourth-order valence-corrected chi connectivity index (χ4v) is 3.39. The Morgan fingerprint density at radius 2 is 2.00 bits per heavy atom. The number of carbonyl (C=O) groups excluding carboxylic acids is 1. The lowest BCUT2D eigenvalue weighted by molar-refractivity contribution is 0.0874. The number of amides is 1. The molecule has 0 saturated heterocycles. The Labute approximate surface area is 203 Å².